The number of carbonyl (C=O) groups is 1. The molecule has 1 heterocycles. The average molecular weight is 188 g/mol. The van der Waals surface area contributed by atoms with Crippen LogP contribution in [-0.4, -0.2) is 30.5 Å². The number of ether oxygens (including phenoxy) is 1. The van der Waals surface area contributed by atoms with E-state index in [4.69, 9.17) is 4.74 Å². The first-order valence-electron chi connectivity index (χ1n) is 4.42. The highest BCUT2D eigenvalue weighted by Crippen LogP contribution is 2.27. The summed E-state index contributed by atoms with van der Waals surface area (Å²) in [6.07, 6.45) is 7.08. The van der Waals surface area contributed by atoms with Crippen molar-refractivity contribution in [2.24, 2.45) is 0 Å². The van der Waals surface area contributed by atoms with Crippen LogP contribution in [0.2, 0.25) is 0 Å². The fraction of sp³-hybridized carbons (Fsp3) is 0.889. The van der Waals surface area contributed by atoms with Crippen LogP contribution in [-0.2, 0) is 9.53 Å². The van der Waals surface area contributed by atoms with Crippen LogP contribution < -0.4 is 0 Å². The molecule has 0 aliphatic carbocycles. The van der Waals surface area contributed by atoms with Crippen molar-refractivity contribution >= 4 is 18.0 Å². The van der Waals surface area contributed by atoms with Gasteiger partial charge in [-0.15, -0.1) is 0 Å². The van der Waals surface area contributed by atoms with Crippen LogP contribution in [0.1, 0.15) is 25.7 Å². The van der Waals surface area contributed by atoms with Crippen molar-refractivity contribution in [1.29, 1.82) is 0 Å². The Morgan fingerprint density at radius 1 is 1.58 bits per heavy atom. The maximum atomic E-state index is 10.9. The summed E-state index contributed by atoms with van der Waals surface area (Å²) in [5.41, 5.74) is -0.429. The van der Waals surface area contributed by atoms with Gasteiger partial charge in [0.25, 0.3) is 0 Å². The first-order chi connectivity index (χ1) is 5.83. The van der Waals surface area contributed by atoms with Gasteiger partial charge >= 0.3 is 0 Å². The van der Waals surface area contributed by atoms with Gasteiger partial charge in [-0.3, -0.25) is 0 Å². The number of aldehydes is 1. The van der Waals surface area contributed by atoms with Gasteiger partial charge in [0.1, 0.15) is 5.60 Å². The molecule has 2 nitrogen and oxygen atoms in total. The van der Waals surface area contributed by atoms with Crippen LogP contribution in [0.25, 0.3) is 0 Å². The highest BCUT2D eigenvalue weighted by atomic mass is 32.2. The third kappa shape index (κ3) is 2.49. The van der Waals surface area contributed by atoms with E-state index in [0.717, 1.165) is 44.3 Å². The monoisotopic (exact) mass is 188 g/mol. The molecule has 0 aromatic carbocycles. The Morgan fingerprint density at radius 3 is 2.92 bits per heavy atom. The van der Waals surface area contributed by atoms with Crippen molar-refractivity contribution in [3.05, 3.63) is 0 Å². The summed E-state index contributed by atoms with van der Waals surface area (Å²) < 4.78 is 5.54. The van der Waals surface area contributed by atoms with E-state index in [0.29, 0.717) is 0 Å². The second-order valence-electron chi connectivity index (χ2n) is 3.23. The Labute approximate surface area is 78.1 Å². The zero-order valence-electron chi connectivity index (χ0n) is 7.54. The largest absolute Gasteiger partial charge is 0.367 e. The van der Waals surface area contributed by atoms with Gasteiger partial charge in [-0.2, -0.15) is 11.8 Å². The molecule has 1 atom stereocenters. The van der Waals surface area contributed by atoms with Gasteiger partial charge in [0, 0.05) is 6.61 Å². The minimum Gasteiger partial charge on any atom is -0.367 e. The number of carbonyl (C=O) groups excluding carboxylic acids is 1. The van der Waals surface area contributed by atoms with Crippen LogP contribution in [0.15, 0.2) is 0 Å². The van der Waals surface area contributed by atoms with Gasteiger partial charge in [0.15, 0.2) is 6.29 Å². The fourth-order valence-corrected chi connectivity index (χ4v) is 2.05. The van der Waals surface area contributed by atoms with Gasteiger partial charge in [0.2, 0.25) is 0 Å². The summed E-state index contributed by atoms with van der Waals surface area (Å²) in [5.74, 6) is 1.01. The molecule has 0 N–H and O–H groups in total. The van der Waals surface area contributed by atoms with E-state index in [1.807, 2.05) is 0 Å². The third-order valence-corrected chi connectivity index (χ3v) is 2.94. The van der Waals surface area contributed by atoms with Crippen LogP contribution in [0.4, 0.5) is 0 Å². The standard InChI is InChI=1S/C9H16O2S/c1-12-7-5-9(8-10)4-2-3-6-11-9/h8H,2-7H2,1H3. The molecule has 3 heteroatoms. The van der Waals surface area contributed by atoms with E-state index < -0.39 is 5.60 Å². The molecule has 1 unspecified atom stereocenters. The summed E-state index contributed by atoms with van der Waals surface area (Å²) in [4.78, 5) is 10.9. The minimum absolute atomic E-state index is 0.429. The van der Waals surface area contributed by atoms with Gasteiger partial charge in [0.05, 0.1) is 0 Å². The summed E-state index contributed by atoms with van der Waals surface area (Å²) in [7, 11) is 0. The second kappa shape index (κ2) is 4.87. The molecule has 1 fully saturated rings. The Hall–Kier alpha value is -0.0200. The van der Waals surface area contributed by atoms with Gasteiger partial charge in [-0.1, -0.05) is 0 Å². The Bertz CT molecular complexity index is 141. The molecule has 70 valence electrons. The molecule has 12 heavy (non-hydrogen) atoms. The first kappa shape index (κ1) is 10.1. The zero-order chi connectivity index (χ0) is 8.86. The topological polar surface area (TPSA) is 26.3 Å². The molecule has 1 rings (SSSR count). The summed E-state index contributed by atoms with van der Waals surface area (Å²) in [6, 6.07) is 0. The predicted molar refractivity (Wildman–Crippen MR) is 51.6 cm³/mol. The maximum Gasteiger partial charge on any atom is 0.151 e. The summed E-state index contributed by atoms with van der Waals surface area (Å²) in [5, 5.41) is 0. The quantitative estimate of drug-likeness (QED) is 0.630. The summed E-state index contributed by atoms with van der Waals surface area (Å²) in [6.45, 7) is 0.757. The lowest BCUT2D eigenvalue weighted by molar-refractivity contribution is -0.137. The van der Waals surface area contributed by atoms with Crippen molar-refractivity contribution in [1.82, 2.24) is 0 Å². The van der Waals surface area contributed by atoms with Crippen LogP contribution in [0.5, 0.6) is 0 Å². The molecular weight excluding hydrogens is 172 g/mol. The van der Waals surface area contributed by atoms with Crippen molar-refractivity contribution in [2.75, 3.05) is 18.6 Å². The molecule has 1 saturated heterocycles. The molecule has 1 aliphatic rings. The van der Waals surface area contributed by atoms with Crippen LogP contribution in [0.3, 0.4) is 0 Å². The Morgan fingerprint density at radius 2 is 2.42 bits per heavy atom. The van der Waals surface area contributed by atoms with Crippen molar-refractivity contribution in [2.45, 2.75) is 31.3 Å². The lowest BCUT2D eigenvalue weighted by atomic mass is 9.93. The minimum atomic E-state index is -0.429. The highest BCUT2D eigenvalue weighted by Gasteiger charge is 2.31. The van der Waals surface area contributed by atoms with Gasteiger partial charge in [-0.25, -0.2) is 0 Å². The Balaban J connectivity index is 2.42. The van der Waals surface area contributed by atoms with Crippen LogP contribution in [0, 0.1) is 0 Å². The van der Waals surface area contributed by atoms with E-state index in [1.165, 1.54) is 0 Å². The molecule has 0 saturated carbocycles. The number of thioether (sulfide) groups is 1. The first-order valence-corrected chi connectivity index (χ1v) is 5.82. The smallest absolute Gasteiger partial charge is 0.151 e. The van der Waals surface area contributed by atoms with Crippen LogP contribution >= 0.6 is 11.8 Å². The van der Waals surface area contributed by atoms with E-state index in [-0.39, 0.29) is 0 Å². The highest BCUT2D eigenvalue weighted by molar-refractivity contribution is 7.98. The van der Waals surface area contributed by atoms with E-state index in [2.05, 4.69) is 6.26 Å². The third-order valence-electron chi connectivity index (χ3n) is 2.33. The Kier molecular flexibility index (Phi) is 4.09. The normalized spacial score (nSPS) is 30.1. The molecule has 0 radical (unpaired) electrons. The average Bonchev–Trinajstić information content (AvgIpc) is 2.16. The van der Waals surface area contributed by atoms with E-state index in [1.54, 1.807) is 11.8 Å². The predicted octanol–water partition coefficient (Wildman–Crippen LogP) is 1.88. The number of hydrogen-bond acceptors (Lipinski definition) is 3. The molecule has 0 amide bonds. The molecular formula is C9H16O2S. The molecule has 0 spiro atoms. The molecule has 0 bridgehead atoms. The van der Waals surface area contributed by atoms with Gasteiger partial charge in [-0.05, 0) is 37.7 Å². The van der Waals surface area contributed by atoms with Gasteiger partial charge < -0.3 is 9.53 Å². The number of hydrogen-bond donors (Lipinski definition) is 0. The molecule has 0 aromatic heterocycles. The van der Waals surface area contributed by atoms with Crippen molar-refractivity contribution in [3.63, 3.8) is 0 Å². The molecule has 0 aromatic rings. The lowest BCUT2D eigenvalue weighted by Crippen LogP contribution is -2.38. The van der Waals surface area contributed by atoms with Crippen molar-refractivity contribution in [3.8, 4) is 0 Å². The van der Waals surface area contributed by atoms with E-state index in [9.17, 15) is 4.79 Å². The summed E-state index contributed by atoms with van der Waals surface area (Å²) >= 11 is 1.77. The maximum absolute atomic E-state index is 10.9. The lowest BCUT2D eigenvalue weighted by Gasteiger charge is -2.32. The zero-order valence-corrected chi connectivity index (χ0v) is 8.36. The fourth-order valence-electron chi connectivity index (χ4n) is 1.50. The van der Waals surface area contributed by atoms with Crippen molar-refractivity contribution < 1.29 is 9.53 Å². The van der Waals surface area contributed by atoms with E-state index >= 15 is 0 Å². The SMILES string of the molecule is CSCCC1(C=O)CCCCO1. The number of rotatable bonds is 4. The second-order valence-corrected chi connectivity index (χ2v) is 4.22. The molecule has 1 aliphatic heterocycles.